The molecule has 3 rings (SSSR count). The van der Waals surface area contributed by atoms with E-state index in [2.05, 4.69) is 0 Å². The van der Waals surface area contributed by atoms with Gasteiger partial charge in [-0.3, -0.25) is 0 Å². The van der Waals surface area contributed by atoms with Crippen molar-refractivity contribution in [2.24, 2.45) is 0 Å². The maximum absolute atomic E-state index is 13.0. The van der Waals surface area contributed by atoms with E-state index in [1.165, 1.54) is 24.3 Å². The lowest BCUT2D eigenvalue weighted by atomic mass is 10.3. The van der Waals surface area contributed by atoms with Gasteiger partial charge in [0.05, 0.1) is 0 Å². The molecule has 0 radical (unpaired) electrons. The maximum Gasteiger partial charge on any atom is 0.530 e. The van der Waals surface area contributed by atoms with E-state index in [0.717, 1.165) is 0 Å². The fraction of sp³-hybridized carbons (Fsp3) is 0. The number of halogens is 1. The first-order chi connectivity index (χ1) is 11.3. The van der Waals surface area contributed by atoms with Gasteiger partial charge in [0.15, 0.2) is 0 Å². The number of hydrogen-bond acceptors (Lipinski definition) is 3. The van der Waals surface area contributed by atoms with Gasteiger partial charge in [-0.1, -0.05) is 36.4 Å². The minimum atomic E-state index is -1.72. The van der Waals surface area contributed by atoms with Gasteiger partial charge in [-0.2, -0.15) is 0 Å². The highest BCUT2D eigenvalue weighted by molar-refractivity contribution is 7.43. The lowest BCUT2D eigenvalue weighted by Crippen LogP contribution is -2.02. The first-order valence-corrected chi connectivity index (χ1v) is 8.09. The Bertz CT molecular complexity index is 679. The zero-order chi connectivity index (χ0) is 15.9. The predicted octanol–water partition coefficient (Wildman–Crippen LogP) is 5.59. The number of para-hydroxylation sites is 2. The quantitative estimate of drug-likeness (QED) is 0.552. The Kier molecular flexibility index (Phi) is 5.07. The third-order valence-corrected chi connectivity index (χ3v) is 3.92. The minimum Gasteiger partial charge on any atom is -0.409 e. The summed E-state index contributed by atoms with van der Waals surface area (Å²) in [5.41, 5.74) is 0. The van der Waals surface area contributed by atoms with Crippen molar-refractivity contribution >= 4 is 8.60 Å². The number of rotatable bonds is 6. The summed E-state index contributed by atoms with van der Waals surface area (Å²) in [7, 11) is -1.72. The Labute approximate surface area is 135 Å². The van der Waals surface area contributed by atoms with Gasteiger partial charge in [0.25, 0.3) is 0 Å². The van der Waals surface area contributed by atoms with Crippen molar-refractivity contribution in [1.29, 1.82) is 0 Å². The lowest BCUT2D eigenvalue weighted by Gasteiger charge is -2.17. The molecule has 23 heavy (non-hydrogen) atoms. The number of benzene rings is 3. The average Bonchev–Trinajstić information content (AvgIpc) is 2.59. The van der Waals surface area contributed by atoms with Gasteiger partial charge in [0, 0.05) is 0 Å². The maximum atomic E-state index is 13.0. The summed E-state index contributed by atoms with van der Waals surface area (Å²) in [5, 5.41) is 0. The summed E-state index contributed by atoms with van der Waals surface area (Å²) >= 11 is 0. The van der Waals surface area contributed by atoms with Crippen LogP contribution in [0.1, 0.15) is 0 Å². The van der Waals surface area contributed by atoms with Gasteiger partial charge >= 0.3 is 8.60 Å². The molecule has 5 heteroatoms. The Morgan fingerprint density at radius 1 is 0.522 bits per heavy atom. The van der Waals surface area contributed by atoms with Crippen LogP contribution in [0.3, 0.4) is 0 Å². The van der Waals surface area contributed by atoms with E-state index in [0.29, 0.717) is 17.2 Å². The van der Waals surface area contributed by atoms with Gasteiger partial charge in [-0.25, -0.2) is 4.39 Å². The highest BCUT2D eigenvalue weighted by atomic mass is 31.2. The van der Waals surface area contributed by atoms with Crippen LogP contribution in [-0.2, 0) is 0 Å². The van der Waals surface area contributed by atoms with Crippen molar-refractivity contribution in [3.8, 4) is 17.2 Å². The molecule has 0 saturated heterocycles. The molecule has 0 aliphatic carbocycles. The van der Waals surface area contributed by atoms with E-state index in [-0.39, 0.29) is 5.82 Å². The molecule has 0 saturated carbocycles. The van der Waals surface area contributed by atoms with E-state index in [1.54, 1.807) is 0 Å². The van der Waals surface area contributed by atoms with Crippen LogP contribution in [0, 0.1) is 5.82 Å². The normalized spacial score (nSPS) is 10.3. The van der Waals surface area contributed by atoms with Crippen molar-refractivity contribution in [3.63, 3.8) is 0 Å². The van der Waals surface area contributed by atoms with Crippen molar-refractivity contribution in [3.05, 3.63) is 90.7 Å². The molecule has 3 aromatic rings. The van der Waals surface area contributed by atoms with Gasteiger partial charge in [0.2, 0.25) is 0 Å². The van der Waals surface area contributed by atoms with Gasteiger partial charge < -0.3 is 13.6 Å². The first kappa shape index (κ1) is 15.3. The monoisotopic (exact) mass is 328 g/mol. The third kappa shape index (κ3) is 4.70. The largest absolute Gasteiger partial charge is 0.530 e. The van der Waals surface area contributed by atoms with Crippen LogP contribution in [0.15, 0.2) is 84.9 Å². The average molecular weight is 328 g/mol. The van der Waals surface area contributed by atoms with E-state index in [4.69, 9.17) is 13.6 Å². The highest BCUT2D eigenvalue weighted by Crippen LogP contribution is 2.42. The lowest BCUT2D eigenvalue weighted by molar-refractivity contribution is 0.388. The zero-order valence-electron chi connectivity index (χ0n) is 12.1. The predicted molar refractivity (Wildman–Crippen MR) is 88.1 cm³/mol. The second-order valence-electron chi connectivity index (χ2n) is 4.58. The van der Waals surface area contributed by atoms with Crippen molar-refractivity contribution in [2.75, 3.05) is 0 Å². The molecule has 0 heterocycles. The smallest absolute Gasteiger partial charge is 0.409 e. The Morgan fingerprint density at radius 2 is 0.913 bits per heavy atom. The number of hydrogen-bond donors (Lipinski definition) is 0. The molecule has 0 aromatic heterocycles. The van der Waals surface area contributed by atoms with Crippen molar-refractivity contribution < 1.29 is 18.0 Å². The summed E-state index contributed by atoms with van der Waals surface area (Å²) in [6, 6.07) is 24.2. The fourth-order valence-electron chi connectivity index (χ4n) is 1.77. The van der Waals surface area contributed by atoms with E-state index in [1.807, 2.05) is 60.7 Å². The second kappa shape index (κ2) is 7.61. The van der Waals surface area contributed by atoms with Crippen LogP contribution in [0.2, 0.25) is 0 Å². The summed E-state index contributed by atoms with van der Waals surface area (Å²) < 4.78 is 30.3. The molecule has 0 fully saturated rings. The summed E-state index contributed by atoms with van der Waals surface area (Å²) in [5.74, 6) is 1.42. The minimum absolute atomic E-state index is 0.324. The molecule has 0 spiro atoms. The van der Waals surface area contributed by atoms with Crippen LogP contribution in [-0.4, -0.2) is 0 Å². The third-order valence-electron chi connectivity index (χ3n) is 2.84. The van der Waals surface area contributed by atoms with Crippen molar-refractivity contribution in [1.82, 2.24) is 0 Å². The zero-order valence-corrected chi connectivity index (χ0v) is 13.0. The molecule has 0 atom stereocenters. The molecular formula is C18H14FO3P. The Balaban J connectivity index is 1.76. The molecule has 0 N–H and O–H groups in total. The molecule has 3 nitrogen and oxygen atoms in total. The van der Waals surface area contributed by atoms with Crippen LogP contribution in [0.25, 0.3) is 0 Å². The Morgan fingerprint density at radius 3 is 1.35 bits per heavy atom. The van der Waals surface area contributed by atoms with E-state index >= 15 is 0 Å². The van der Waals surface area contributed by atoms with Crippen LogP contribution in [0.4, 0.5) is 4.39 Å². The van der Waals surface area contributed by atoms with Crippen molar-refractivity contribution in [2.45, 2.75) is 0 Å². The SMILES string of the molecule is Fc1ccc(OP(Oc2ccccc2)Oc2ccccc2)cc1. The molecule has 3 aromatic carbocycles. The summed E-state index contributed by atoms with van der Waals surface area (Å²) in [6.07, 6.45) is 0. The Hall–Kier alpha value is -2.58. The first-order valence-electron chi connectivity index (χ1n) is 6.99. The van der Waals surface area contributed by atoms with Crippen LogP contribution >= 0.6 is 8.60 Å². The molecule has 0 bridgehead atoms. The van der Waals surface area contributed by atoms with Crippen LogP contribution in [0.5, 0.6) is 17.2 Å². The molecule has 0 aliphatic heterocycles. The second-order valence-corrected chi connectivity index (χ2v) is 5.57. The van der Waals surface area contributed by atoms with E-state index in [9.17, 15) is 4.39 Å². The van der Waals surface area contributed by atoms with Crippen LogP contribution < -0.4 is 13.6 Å². The fourth-order valence-corrected chi connectivity index (χ4v) is 2.77. The molecule has 0 amide bonds. The van der Waals surface area contributed by atoms with Gasteiger partial charge in [-0.15, -0.1) is 0 Å². The topological polar surface area (TPSA) is 27.7 Å². The van der Waals surface area contributed by atoms with Gasteiger partial charge in [-0.05, 0) is 48.5 Å². The standard InChI is InChI=1S/C18H14FO3P/c19-15-11-13-18(14-12-15)22-23(20-16-7-3-1-4-8-16)21-17-9-5-2-6-10-17/h1-14H. The molecule has 116 valence electrons. The summed E-state index contributed by atoms with van der Waals surface area (Å²) in [4.78, 5) is 0. The van der Waals surface area contributed by atoms with E-state index < -0.39 is 8.60 Å². The molecule has 0 unspecified atom stereocenters. The molecule has 0 aliphatic rings. The van der Waals surface area contributed by atoms with Gasteiger partial charge in [0.1, 0.15) is 23.1 Å². The highest BCUT2D eigenvalue weighted by Gasteiger charge is 2.19. The summed E-state index contributed by atoms with van der Waals surface area (Å²) in [6.45, 7) is 0. The molecular weight excluding hydrogens is 314 g/mol.